The highest BCUT2D eigenvalue weighted by molar-refractivity contribution is 5.81. The normalized spacial score (nSPS) is 31.4. The highest BCUT2D eigenvalue weighted by atomic mass is 16.8. The van der Waals surface area contributed by atoms with Gasteiger partial charge >= 0.3 is 11.9 Å². The molecule has 0 bridgehead atoms. The lowest BCUT2D eigenvalue weighted by molar-refractivity contribution is -0.388. The maximum Gasteiger partial charge on any atom is 0.364 e. The van der Waals surface area contributed by atoms with E-state index < -0.39 is 234 Å². The average molecular weight is 1550 g/mol. The summed E-state index contributed by atoms with van der Waals surface area (Å²) in [6, 6.07) is -5.12. The molecule has 4 fully saturated rings. The molecule has 0 aromatic rings. The summed E-state index contributed by atoms with van der Waals surface area (Å²) in [6.07, 6.45) is -14.3. The van der Waals surface area contributed by atoms with Crippen LogP contribution in [0, 0.1) is 0 Å². The van der Waals surface area contributed by atoms with Crippen LogP contribution < -0.4 is 16.0 Å². The zero-order valence-electron chi connectivity index (χ0n) is 63.1. The van der Waals surface area contributed by atoms with Gasteiger partial charge in [0.2, 0.25) is 17.7 Å². The van der Waals surface area contributed by atoms with Gasteiger partial charge in [-0.05, 0) is 12.8 Å². The largest absolute Gasteiger partial charge is 0.477 e. The van der Waals surface area contributed by atoms with E-state index in [0.29, 0.717) is 12.8 Å². The number of hydrogen-bond donors (Lipinski definition) is 21. The predicted octanol–water partition coefficient (Wildman–Crippen LogP) is -0.325. The van der Waals surface area contributed by atoms with E-state index in [-0.39, 0.29) is 12.8 Å². The summed E-state index contributed by atoms with van der Waals surface area (Å²) in [5.74, 6) is -13.7. The molecule has 4 aliphatic rings. The van der Waals surface area contributed by atoms with Crippen molar-refractivity contribution in [3.63, 3.8) is 0 Å². The van der Waals surface area contributed by atoms with Crippen LogP contribution in [-0.2, 0) is 61.9 Å². The van der Waals surface area contributed by atoms with Crippen LogP contribution in [0.4, 0.5) is 0 Å². The number of amides is 3. The first kappa shape index (κ1) is 95.8. The number of carbonyl (C=O) groups excluding carboxylic acids is 3. The average Bonchev–Trinajstić information content (AvgIpc) is 0.744. The van der Waals surface area contributed by atoms with Crippen molar-refractivity contribution >= 4 is 29.7 Å². The Morgan fingerprint density at radius 1 is 0.477 bits per heavy atom. The number of carboxylic acids is 2. The first-order valence-electron chi connectivity index (χ1n) is 39.2. The van der Waals surface area contributed by atoms with Gasteiger partial charge in [0.25, 0.3) is 11.6 Å². The lowest BCUT2D eigenvalue weighted by atomic mass is 9.87. The smallest absolute Gasteiger partial charge is 0.364 e. The van der Waals surface area contributed by atoms with Gasteiger partial charge in [0.15, 0.2) is 12.6 Å². The number of rotatable bonds is 56. The third-order valence-corrected chi connectivity index (χ3v) is 20.8. The molecule has 4 aliphatic heterocycles. The third-order valence-electron chi connectivity index (χ3n) is 20.8. The molecule has 0 saturated carbocycles. The van der Waals surface area contributed by atoms with Gasteiger partial charge in [-0.25, -0.2) is 9.59 Å². The lowest BCUT2D eigenvalue weighted by Crippen LogP contribution is -2.72. The standard InChI is InChI=1S/C73H133N3O31/c1-5-7-9-11-13-15-17-18-19-20-21-22-23-25-27-29-31-33-35-47(84)67(95)76-45(56(88)46(83)34-32-30-28-26-24-16-14-12-10-8-6-2)42-100-68-61(93)60(92)63(53(41-80)102-68)103-69-62(94)66(58(90)51(39-78)101-69)107-73(71(98)99)37-49(86)55(75-44(4)82)65(106-73)59(91)52(40-79)104-72(70(96)97)36-48(85)54(74-43(3)81)64(105-72)57(89)50(87)38-77/h45-66,68-69,77-80,83-94H,5-42H2,1-4H3,(H,74,81)(H,75,82)(H,76,95)(H,96,97)(H,98,99)/t45-,46-,47-,48+,49+,50+,51-,52+,53-,54-,55-,56+,57+,58+,59-,60-,61-,62-,63-,64-,65-,66+,68-,69+,72+,73-/m1/s1. The van der Waals surface area contributed by atoms with Gasteiger partial charge in [-0.15, -0.1) is 0 Å². The van der Waals surface area contributed by atoms with E-state index in [1.54, 1.807) is 0 Å². The molecule has 3 amide bonds. The van der Waals surface area contributed by atoms with E-state index in [0.717, 1.165) is 78.1 Å². The van der Waals surface area contributed by atoms with Crippen molar-refractivity contribution in [1.82, 2.24) is 16.0 Å². The Balaban J connectivity index is 1.49. The number of unbranched alkanes of at least 4 members (excludes halogenated alkanes) is 27. The molecule has 34 heteroatoms. The Morgan fingerprint density at radius 2 is 0.897 bits per heavy atom. The molecule has 626 valence electrons. The van der Waals surface area contributed by atoms with Crippen LogP contribution in [0.15, 0.2) is 0 Å². The fourth-order valence-corrected chi connectivity index (χ4v) is 14.4. The molecule has 0 aliphatic carbocycles. The van der Waals surface area contributed by atoms with Crippen LogP contribution in [0.2, 0.25) is 0 Å². The molecular formula is C73H133N3O31. The summed E-state index contributed by atoms with van der Waals surface area (Å²) in [5.41, 5.74) is 0. The molecule has 107 heavy (non-hydrogen) atoms. The number of aliphatic hydroxyl groups is 16. The number of aliphatic hydroxyl groups excluding tert-OH is 16. The van der Waals surface area contributed by atoms with Crippen LogP contribution in [0.3, 0.4) is 0 Å². The van der Waals surface area contributed by atoms with Gasteiger partial charge in [0.1, 0.15) is 97.7 Å². The van der Waals surface area contributed by atoms with Crippen molar-refractivity contribution in [1.29, 1.82) is 0 Å². The Labute approximate surface area is 628 Å². The van der Waals surface area contributed by atoms with Crippen LogP contribution in [0.1, 0.15) is 240 Å². The lowest BCUT2D eigenvalue weighted by Gasteiger charge is -2.51. The van der Waals surface area contributed by atoms with Gasteiger partial charge in [0.05, 0.1) is 69.5 Å². The SMILES string of the molecule is CCCCCCCCCCCCCCCCCCCC[C@@H](O)C(=O)N[C@H](CO[C@@H]1O[C@H](CO)[C@@H](O[C@@H]2O[C@H](CO)[C@H](O)[C@H](O[C@@]3(C(=O)O)C[C@H](O)[C@@H](NC(C)=O)[C@H]([C@H](O)[C@H](CO)O[C@@]4(C(=O)O)C[C@H](O)[C@@H](NC(C)=O)[C@H]([C@@H](O)[C@@H](O)CO)O4)O3)[C@H]2O)[C@H](O)[C@H]1O)[C@H](O)[C@H](O)CCCCCCCCCCCCC. The van der Waals surface area contributed by atoms with E-state index in [1.165, 1.54) is 109 Å². The van der Waals surface area contributed by atoms with E-state index >= 15 is 0 Å². The predicted molar refractivity (Wildman–Crippen MR) is 380 cm³/mol. The molecule has 26 atom stereocenters. The second-order valence-electron chi connectivity index (χ2n) is 29.6. The summed E-state index contributed by atoms with van der Waals surface area (Å²) >= 11 is 0. The van der Waals surface area contributed by atoms with Crippen molar-refractivity contribution in [3.8, 4) is 0 Å². The molecule has 4 rings (SSSR count). The second-order valence-corrected chi connectivity index (χ2v) is 29.6. The van der Waals surface area contributed by atoms with E-state index in [4.69, 9.17) is 37.9 Å². The van der Waals surface area contributed by atoms with Crippen LogP contribution in [0.25, 0.3) is 0 Å². The Morgan fingerprint density at radius 3 is 1.33 bits per heavy atom. The van der Waals surface area contributed by atoms with Gasteiger partial charge in [0, 0.05) is 26.7 Å². The molecule has 21 N–H and O–H groups in total. The van der Waals surface area contributed by atoms with Crippen molar-refractivity contribution < 1.29 is 154 Å². The van der Waals surface area contributed by atoms with Crippen molar-refractivity contribution in [2.45, 2.75) is 398 Å². The maximum absolute atomic E-state index is 13.7. The Bertz CT molecular complexity index is 2480. The minimum absolute atomic E-state index is 0.0882. The van der Waals surface area contributed by atoms with Crippen LogP contribution in [0.5, 0.6) is 0 Å². The first-order chi connectivity index (χ1) is 51.0. The highest BCUT2D eigenvalue weighted by Crippen LogP contribution is 2.41. The van der Waals surface area contributed by atoms with E-state index in [9.17, 15) is 116 Å². The summed E-state index contributed by atoms with van der Waals surface area (Å²) in [7, 11) is 0. The fourth-order valence-electron chi connectivity index (χ4n) is 14.4. The monoisotopic (exact) mass is 1550 g/mol. The summed E-state index contributed by atoms with van der Waals surface area (Å²) in [6.45, 7) is 0.701. The zero-order valence-corrected chi connectivity index (χ0v) is 63.1. The van der Waals surface area contributed by atoms with Crippen molar-refractivity contribution in [2.24, 2.45) is 0 Å². The number of aliphatic carboxylic acids is 2. The van der Waals surface area contributed by atoms with Gasteiger partial charge < -0.3 is 146 Å². The molecular weight excluding hydrogens is 1410 g/mol. The fraction of sp³-hybridized carbons (Fsp3) is 0.932. The topological polar surface area (TPSA) is 559 Å². The number of nitrogens with one attached hydrogen (secondary N) is 3. The maximum atomic E-state index is 13.7. The molecule has 0 aromatic carbocycles. The minimum atomic E-state index is -3.42. The molecule has 0 spiro atoms. The first-order valence-corrected chi connectivity index (χ1v) is 39.2. The van der Waals surface area contributed by atoms with Crippen molar-refractivity contribution in [3.05, 3.63) is 0 Å². The molecule has 0 radical (unpaired) electrons. The quantitative estimate of drug-likeness (QED) is 0.0347. The second kappa shape index (κ2) is 50.5. The number of carboxylic acid groups (broad SMARTS) is 2. The van der Waals surface area contributed by atoms with Crippen LogP contribution in [-0.4, -0.2) is 313 Å². The minimum Gasteiger partial charge on any atom is -0.477 e. The highest BCUT2D eigenvalue weighted by Gasteiger charge is 2.62. The van der Waals surface area contributed by atoms with Gasteiger partial charge in [-0.1, -0.05) is 200 Å². The number of carbonyl (C=O) groups is 5. The molecule has 34 nitrogen and oxygen atoms in total. The van der Waals surface area contributed by atoms with Crippen LogP contribution >= 0.6 is 0 Å². The van der Waals surface area contributed by atoms with E-state index in [2.05, 4.69) is 29.8 Å². The molecule has 0 unspecified atom stereocenters. The Hall–Kier alpha value is -3.61. The molecule has 4 saturated heterocycles. The molecule has 0 aromatic heterocycles. The summed E-state index contributed by atoms with van der Waals surface area (Å²) in [5, 5.41) is 207. The Kier molecular flexibility index (Phi) is 45.2. The third kappa shape index (κ3) is 30.4. The number of ether oxygens (including phenoxy) is 8. The van der Waals surface area contributed by atoms with Gasteiger partial charge in [-0.3, -0.25) is 14.4 Å². The summed E-state index contributed by atoms with van der Waals surface area (Å²) < 4.78 is 46.3. The van der Waals surface area contributed by atoms with E-state index in [1.807, 2.05) is 0 Å². The summed E-state index contributed by atoms with van der Waals surface area (Å²) in [4.78, 5) is 65.2. The van der Waals surface area contributed by atoms with Crippen molar-refractivity contribution in [2.75, 3.05) is 33.0 Å². The molecule has 4 heterocycles. The number of hydrogen-bond acceptors (Lipinski definition) is 29. The van der Waals surface area contributed by atoms with Gasteiger partial charge in [-0.2, -0.15) is 0 Å². The zero-order chi connectivity index (χ0) is 79.4.